The molecule has 0 radical (unpaired) electrons. The Kier molecular flexibility index (Phi) is 5.66. The zero-order chi connectivity index (χ0) is 19.4. The minimum Gasteiger partial charge on any atom is -0.396 e. The molecule has 4 heteroatoms. The summed E-state index contributed by atoms with van der Waals surface area (Å²) in [5.41, 5.74) is 5.36. The summed E-state index contributed by atoms with van der Waals surface area (Å²) in [4.78, 5) is 12.2. The van der Waals surface area contributed by atoms with Gasteiger partial charge in [0.05, 0.1) is 0 Å². The van der Waals surface area contributed by atoms with Crippen LogP contribution in [0.2, 0.25) is 0 Å². The third-order valence-electron chi connectivity index (χ3n) is 4.93. The van der Waals surface area contributed by atoms with Crippen LogP contribution in [0.1, 0.15) is 37.5 Å². The summed E-state index contributed by atoms with van der Waals surface area (Å²) >= 11 is 0. The fourth-order valence-corrected chi connectivity index (χ4v) is 3.21. The van der Waals surface area contributed by atoms with Gasteiger partial charge in [-0.25, -0.2) is 0 Å². The Balaban J connectivity index is 1.62. The highest BCUT2D eigenvalue weighted by molar-refractivity contribution is 6.02. The Bertz CT molecular complexity index is 832. The number of amides is 1. The van der Waals surface area contributed by atoms with E-state index in [1.807, 2.05) is 36.4 Å². The number of nitrogens with one attached hydrogen (secondary N) is 2. The molecule has 1 unspecified atom stereocenters. The number of aliphatic hydroxyl groups is 1. The van der Waals surface area contributed by atoms with Crippen LogP contribution in [-0.4, -0.2) is 24.2 Å². The topological polar surface area (TPSA) is 61.4 Å². The maximum absolute atomic E-state index is 12.2. The van der Waals surface area contributed by atoms with Crippen molar-refractivity contribution in [3.8, 4) is 0 Å². The standard InChI is InChI=1S/C23H28N2O2/c1-23(2,3)19-8-4-16(5-9-19)6-11-22(27)25-20-10-7-18-12-17(15-26)14-24-21(18)13-20/h4-11,13,17,24,26H,12,14-15H2,1-3H3,(H,25,27). The van der Waals surface area contributed by atoms with Gasteiger partial charge in [-0.2, -0.15) is 0 Å². The fourth-order valence-electron chi connectivity index (χ4n) is 3.21. The van der Waals surface area contributed by atoms with E-state index < -0.39 is 0 Å². The number of rotatable bonds is 4. The van der Waals surface area contributed by atoms with Crippen LogP contribution in [0, 0.1) is 5.92 Å². The van der Waals surface area contributed by atoms with Gasteiger partial charge in [-0.1, -0.05) is 51.1 Å². The molecule has 0 spiro atoms. The van der Waals surface area contributed by atoms with Crippen molar-refractivity contribution >= 4 is 23.4 Å². The van der Waals surface area contributed by atoms with Crippen molar-refractivity contribution < 1.29 is 9.90 Å². The molecule has 0 fully saturated rings. The van der Waals surface area contributed by atoms with Crippen LogP contribution in [0.25, 0.3) is 6.08 Å². The number of carbonyl (C=O) groups excluding carboxylic acids is 1. The summed E-state index contributed by atoms with van der Waals surface area (Å²) in [6.45, 7) is 7.49. The number of fused-ring (bicyclic) bond motifs is 1. The molecular formula is C23H28N2O2. The number of benzene rings is 2. The first-order chi connectivity index (χ1) is 12.8. The minimum atomic E-state index is -0.154. The van der Waals surface area contributed by atoms with Crippen molar-refractivity contribution in [3.05, 3.63) is 65.2 Å². The largest absolute Gasteiger partial charge is 0.396 e. The molecule has 3 N–H and O–H groups in total. The number of aliphatic hydroxyl groups excluding tert-OH is 1. The van der Waals surface area contributed by atoms with E-state index in [1.165, 1.54) is 11.1 Å². The quantitative estimate of drug-likeness (QED) is 0.712. The molecule has 1 aliphatic rings. The van der Waals surface area contributed by atoms with Crippen LogP contribution in [0.5, 0.6) is 0 Å². The summed E-state index contributed by atoms with van der Waals surface area (Å²) in [6, 6.07) is 14.1. The Hall–Kier alpha value is -2.59. The molecule has 2 aromatic rings. The molecule has 27 heavy (non-hydrogen) atoms. The van der Waals surface area contributed by atoms with E-state index in [2.05, 4.69) is 43.5 Å². The summed E-state index contributed by atoms with van der Waals surface area (Å²) < 4.78 is 0. The average molecular weight is 364 g/mol. The van der Waals surface area contributed by atoms with Crippen molar-refractivity contribution in [2.45, 2.75) is 32.6 Å². The molecule has 0 aromatic heterocycles. The van der Waals surface area contributed by atoms with Crippen molar-refractivity contribution in [2.24, 2.45) is 5.92 Å². The lowest BCUT2D eigenvalue weighted by Gasteiger charge is -2.25. The van der Waals surface area contributed by atoms with Gasteiger partial charge in [0.2, 0.25) is 5.91 Å². The van der Waals surface area contributed by atoms with Gasteiger partial charge in [-0.05, 0) is 46.7 Å². The molecule has 3 rings (SSSR count). The van der Waals surface area contributed by atoms with Crippen LogP contribution in [0.3, 0.4) is 0 Å². The van der Waals surface area contributed by atoms with Crippen molar-refractivity contribution in [1.29, 1.82) is 0 Å². The predicted octanol–water partition coefficient (Wildman–Crippen LogP) is 4.21. The Labute approximate surface area is 161 Å². The van der Waals surface area contributed by atoms with E-state index >= 15 is 0 Å². The summed E-state index contributed by atoms with van der Waals surface area (Å²) in [7, 11) is 0. The summed E-state index contributed by atoms with van der Waals surface area (Å²) in [5, 5.41) is 15.5. The lowest BCUT2D eigenvalue weighted by atomic mass is 9.87. The highest BCUT2D eigenvalue weighted by atomic mass is 16.3. The molecule has 1 amide bonds. The number of hydrogen-bond donors (Lipinski definition) is 3. The first-order valence-electron chi connectivity index (χ1n) is 9.42. The van der Waals surface area contributed by atoms with Crippen LogP contribution < -0.4 is 10.6 Å². The zero-order valence-corrected chi connectivity index (χ0v) is 16.3. The van der Waals surface area contributed by atoms with Crippen molar-refractivity contribution in [1.82, 2.24) is 0 Å². The van der Waals surface area contributed by atoms with Gasteiger partial charge in [0.15, 0.2) is 0 Å². The van der Waals surface area contributed by atoms with Crippen LogP contribution in [0.15, 0.2) is 48.5 Å². The SMILES string of the molecule is CC(C)(C)c1ccc(C=CC(=O)Nc2ccc3c(c2)NCC(CO)C3)cc1. The summed E-state index contributed by atoms with van der Waals surface area (Å²) in [5.74, 6) is 0.101. The molecule has 1 aliphatic heterocycles. The molecule has 1 heterocycles. The predicted molar refractivity (Wildman–Crippen MR) is 112 cm³/mol. The third-order valence-corrected chi connectivity index (χ3v) is 4.93. The monoisotopic (exact) mass is 364 g/mol. The van der Waals surface area contributed by atoms with Crippen LogP contribution >= 0.6 is 0 Å². The smallest absolute Gasteiger partial charge is 0.248 e. The van der Waals surface area contributed by atoms with Gasteiger partial charge in [0.1, 0.15) is 0 Å². The minimum absolute atomic E-state index is 0.122. The van der Waals surface area contributed by atoms with Gasteiger partial charge >= 0.3 is 0 Å². The first-order valence-corrected chi connectivity index (χ1v) is 9.42. The lowest BCUT2D eigenvalue weighted by Crippen LogP contribution is -2.25. The van der Waals surface area contributed by atoms with E-state index in [9.17, 15) is 9.90 Å². The zero-order valence-electron chi connectivity index (χ0n) is 16.3. The van der Waals surface area contributed by atoms with Crippen molar-refractivity contribution in [3.63, 3.8) is 0 Å². The van der Waals surface area contributed by atoms with Crippen LogP contribution in [0.4, 0.5) is 11.4 Å². The second kappa shape index (κ2) is 7.97. The van der Waals surface area contributed by atoms with E-state index in [-0.39, 0.29) is 23.8 Å². The van der Waals surface area contributed by atoms with Gasteiger partial charge in [0, 0.05) is 36.5 Å². The maximum Gasteiger partial charge on any atom is 0.248 e. The van der Waals surface area contributed by atoms with E-state index in [0.717, 1.165) is 29.9 Å². The third kappa shape index (κ3) is 4.98. The lowest BCUT2D eigenvalue weighted by molar-refractivity contribution is -0.111. The summed E-state index contributed by atoms with van der Waals surface area (Å²) in [6.07, 6.45) is 4.24. The molecule has 1 atom stereocenters. The second-order valence-electron chi connectivity index (χ2n) is 8.20. The average Bonchev–Trinajstić information content (AvgIpc) is 2.65. The van der Waals surface area contributed by atoms with E-state index in [1.54, 1.807) is 6.08 Å². The number of hydrogen-bond acceptors (Lipinski definition) is 3. The Morgan fingerprint density at radius 2 is 1.96 bits per heavy atom. The molecule has 2 aromatic carbocycles. The molecule has 0 saturated heterocycles. The molecule has 0 bridgehead atoms. The van der Waals surface area contributed by atoms with E-state index in [4.69, 9.17) is 0 Å². The molecule has 0 aliphatic carbocycles. The molecule has 0 saturated carbocycles. The van der Waals surface area contributed by atoms with E-state index in [0.29, 0.717) is 0 Å². The highest BCUT2D eigenvalue weighted by Gasteiger charge is 2.17. The maximum atomic E-state index is 12.2. The first kappa shape index (κ1) is 19.2. The Morgan fingerprint density at radius 3 is 2.63 bits per heavy atom. The van der Waals surface area contributed by atoms with Crippen molar-refractivity contribution in [2.75, 3.05) is 23.8 Å². The van der Waals surface area contributed by atoms with Gasteiger partial charge in [-0.3, -0.25) is 4.79 Å². The van der Waals surface area contributed by atoms with Gasteiger partial charge in [-0.15, -0.1) is 0 Å². The molecular weight excluding hydrogens is 336 g/mol. The fraction of sp³-hybridized carbons (Fsp3) is 0.348. The second-order valence-corrected chi connectivity index (χ2v) is 8.20. The Morgan fingerprint density at radius 1 is 1.22 bits per heavy atom. The van der Waals surface area contributed by atoms with Gasteiger partial charge in [0.25, 0.3) is 0 Å². The van der Waals surface area contributed by atoms with Gasteiger partial charge < -0.3 is 15.7 Å². The normalized spacial score (nSPS) is 16.7. The highest BCUT2D eigenvalue weighted by Crippen LogP contribution is 2.27. The van der Waals surface area contributed by atoms with Crippen LogP contribution in [-0.2, 0) is 16.6 Å². The number of anilines is 2. The molecule has 142 valence electrons. The number of carbonyl (C=O) groups is 1. The molecule has 4 nitrogen and oxygen atoms in total.